The van der Waals surface area contributed by atoms with E-state index in [2.05, 4.69) is 18.1 Å². The number of pyridine rings is 1. The van der Waals surface area contributed by atoms with Crippen LogP contribution in [0.3, 0.4) is 0 Å². The molecule has 0 atom stereocenters. The topological polar surface area (TPSA) is 63.9 Å². The summed E-state index contributed by atoms with van der Waals surface area (Å²) in [6, 6.07) is 7.18. The fourth-order valence-electron chi connectivity index (χ4n) is 2.34. The predicted molar refractivity (Wildman–Crippen MR) is 98.5 cm³/mol. The van der Waals surface area contributed by atoms with Gasteiger partial charge in [-0.1, -0.05) is 31.9 Å². The number of benzene rings is 1. The Morgan fingerprint density at radius 1 is 1.38 bits per heavy atom. The van der Waals surface area contributed by atoms with Gasteiger partial charge in [-0.25, -0.2) is 5.06 Å². The van der Waals surface area contributed by atoms with Gasteiger partial charge in [-0.05, 0) is 18.7 Å². The van der Waals surface area contributed by atoms with Crippen LogP contribution in [0.5, 0.6) is 0 Å². The number of allylic oxidation sites excluding steroid dienone is 1. The number of aromatic nitrogens is 1. The standard InChI is InChI=1S/C19H22N3O3.Bh/c1-4-5-8-11-20-12-13-22-14-16(19(24)21(2)25-3)18(23)15-9-6-7-10-17(15)22;/h6-10,12,14H,4-5,13H2,1-3H3;/q-1;. The first kappa shape index (κ1) is 20.3. The van der Waals surface area contributed by atoms with E-state index < -0.39 is 5.91 Å². The summed E-state index contributed by atoms with van der Waals surface area (Å²) >= 11 is 0. The maximum absolute atomic E-state index is 12.6. The molecule has 0 radical (unpaired) electrons. The van der Waals surface area contributed by atoms with Crippen molar-refractivity contribution in [1.82, 2.24) is 9.63 Å². The van der Waals surface area contributed by atoms with Crippen LogP contribution in [0.2, 0.25) is 0 Å². The van der Waals surface area contributed by atoms with Crippen molar-refractivity contribution in [3.63, 3.8) is 0 Å². The van der Waals surface area contributed by atoms with E-state index in [0.29, 0.717) is 11.9 Å². The minimum absolute atomic E-state index is 0. The summed E-state index contributed by atoms with van der Waals surface area (Å²) in [5.41, 5.74) is 0.488. The number of carbonyl (C=O) groups is 1. The molecule has 1 heterocycles. The maximum atomic E-state index is 12.6. The normalized spacial score (nSPS) is 11.2. The van der Waals surface area contributed by atoms with E-state index in [-0.39, 0.29) is 11.0 Å². The van der Waals surface area contributed by atoms with E-state index in [0.717, 1.165) is 23.4 Å². The average Bonchev–Trinajstić information content (AvgIpc) is 2.65. The van der Waals surface area contributed by atoms with Gasteiger partial charge in [0.2, 0.25) is 5.43 Å². The predicted octanol–water partition coefficient (Wildman–Crippen LogP) is 2.82. The SMILES string of the molecule is CCCC=[C-]N=CCn1cc(C(=O)N(C)OC)c(=O)c2ccccc21.[Bh]. The molecule has 0 spiro atoms. The quantitative estimate of drug-likeness (QED) is 0.276. The fraction of sp³-hybridized carbons (Fsp3) is 0.316. The average molecular weight is 610 g/mol. The molecule has 6 nitrogen and oxygen atoms in total. The first-order valence-corrected chi connectivity index (χ1v) is 8.13. The minimum atomic E-state index is -0.488. The second-order valence-corrected chi connectivity index (χ2v) is 5.46. The van der Waals surface area contributed by atoms with Crippen LogP contribution in [0.1, 0.15) is 30.1 Å². The van der Waals surface area contributed by atoms with Gasteiger partial charge in [-0.3, -0.25) is 14.4 Å². The summed E-state index contributed by atoms with van der Waals surface area (Å²) in [7, 11) is 2.85. The molecule has 2 aromatic rings. The largest absolute Gasteiger partial charge is 0.462 e. The third-order valence-electron chi connectivity index (χ3n) is 3.75. The molecule has 0 N–H and O–H groups in total. The van der Waals surface area contributed by atoms with Gasteiger partial charge in [0.25, 0.3) is 5.91 Å². The Bertz CT molecular complexity index is 859. The maximum Gasteiger partial charge on any atom is 0.282 e. The number of amides is 1. The third-order valence-corrected chi connectivity index (χ3v) is 3.75. The second kappa shape index (κ2) is 9.54. The zero-order valence-electron chi connectivity index (χ0n) is 15.4. The Morgan fingerprint density at radius 2 is 2.12 bits per heavy atom. The van der Waals surface area contributed by atoms with Gasteiger partial charge < -0.3 is 9.56 Å². The molecule has 0 fully saturated rings. The smallest absolute Gasteiger partial charge is 0.282 e. The molecule has 26 heavy (non-hydrogen) atoms. The Morgan fingerprint density at radius 3 is 2.81 bits per heavy atom. The van der Waals surface area contributed by atoms with Crippen molar-refractivity contribution in [2.45, 2.75) is 26.3 Å². The molecule has 0 aliphatic carbocycles. The first-order valence-electron chi connectivity index (χ1n) is 8.13. The van der Waals surface area contributed by atoms with E-state index in [9.17, 15) is 9.59 Å². The van der Waals surface area contributed by atoms with Gasteiger partial charge in [0, 0.05) is 18.6 Å². The van der Waals surface area contributed by atoms with Crippen LogP contribution in [0.4, 0.5) is 0 Å². The first-order chi connectivity index (χ1) is 12.1. The molecule has 0 aliphatic rings. The van der Waals surface area contributed by atoms with Crippen molar-refractivity contribution in [3.8, 4) is 0 Å². The summed E-state index contributed by atoms with van der Waals surface area (Å²) in [5, 5.41) is 1.52. The Kier molecular flexibility index (Phi) is 7.45. The van der Waals surface area contributed by atoms with Crippen LogP contribution < -0.4 is 5.43 Å². The zero-order chi connectivity index (χ0) is 18.2. The summed E-state index contributed by atoms with van der Waals surface area (Å²) in [4.78, 5) is 34.0. The molecule has 1 aromatic carbocycles. The molecule has 0 aliphatic heterocycles. The Labute approximate surface area is 147 Å². The van der Waals surface area contributed by atoms with E-state index in [4.69, 9.17) is 4.84 Å². The summed E-state index contributed by atoms with van der Waals surface area (Å²) in [5.74, 6) is -0.488. The minimum Gasteiger partial charge on any atom is -0.462 e. The summed E-state index contributed by atoms with van der Waals surface area (Å²) in [6.45, 7) is 2.51. The van der Waals surface area contributed by atoms with Gasteiger partial charge in [0.1, 0.15) is 5.56 Å². The summed E-state index contributed by atoms with van der Waals surface area (Å²) < 4.78 is 1.82. The number of hydroxylamine groups is 2. The Balaban J connectivity index is 0.00000338. The van der Waals surface area contributed by atoms with Gasteiger partial charge >= 0.3 is 0 Å². The van der Waals surface area contributed by atoms with E-state index in [1.54, 1.807) is 24.5 Å². The molecule has 0 saturated heterocycles. The molecule has 0 unspecified atom stereocenters. The number of fused-ring (bicyclic) bond motifs is 1. The van der Waals surface area contributed by atoms with Crippen LogP contribution in [0.25, 0.3) is 10.9 Å². The van der Waals surface area contributed by atoms with Crippen molar-refractivity contribution in [1.29, 1.82) is 0 Å². The fourth-order valence-corrected chi connectivity index (χ4v) is 2.34. The molecule has 0 saturated carbocycles. The number of aliphatic imine (C=N–C) groups is 1. The number of carbonyl (C=O) groups excluding carboxylic acids is 1. The zero-order valence-corrected chi connectivity index (χ0v) is 21.9. The molecule has 7 heteroatoms. The molecular formula is C19H22BhN3O3-. The monoisotopic (exact) mass is 610 g/mol. The van der Waals surface area contributed by atoms with Gasteiger partial charge in [-0.15, -0.1) is 6.21 Å². The van der Waals surface area contributed by atoms with E-state index in [1.165, 1.54) is 14.2 Å². The number of para-hydroxylation sites is 1. The number of hydrogen-bond acceptors (Lipinski definition) is 4. The summed E-state index contributed by atoms with van der Waals surface area (Å²) in [6.07, 6.45) is 9.95. The van der Waals surface area contributed by atoms with Crippen LogP contribution >= 0.6 is 0 Å². The van der Waals surface area contributed by atoms with Crippen molar-refractivity contribution in [3.05, 3.63) is 58.5 Å². The van der Waals surface area contributed by atoms with Crippen LogP contribution in [-0.4, -0.2) is 35.9 Å². The molecule has 2 rings (SSSR count). The second-order valence-electron chi connectivity index (χ2n) is 5.46. The molecule has 134 valence electrons. The van der Waals surface area contributed by atoms with Crippen molar-refractivity contribution in [2.75, 3.05) is 14.2 Å². The van der Waals surface area contributed by atoms with E-state index >= 15 is 0 Å². The van der Waals surface area contributed by atoms with Crippen LogP contribution in [0.15, 0.2) is 46.3 Å². The van der Waals surface area contributed by atoms with Crippen molar-refractivity contribution < 1.29 is 9.63 Å². The molecular weight excluding hydrogens is 588 g/mol. The molecule has 1 aromatic heterocycles. The number of hydrogen-bond donors (Lipinski definition) is 0. The number of unbranched alkanes of at least 4 members (excludes halogenated alkanes) is 1. The number of rotatable bonds is 7. The van der Waals surface area contributed by atoms with Gasteiger partial charge in [0.15, 0.2) is 0 Å². The Hall–Kier alpha value is -3.73. The molecule has 1 amide bonds. The van der Waals surface area contributed by atoms with Crippen LogP contribution in [-0.2, 0) is 11.4 Å². The van der Waals surface area contributed by atoms with Crippen molar-refractivity contribution >= 4 is 23.0 Å². The third kappa shape index (κ3) is 4.42. The van der Waals surface area contributed by atoms with Crippen LogP contribution in [0, 0.1) is 6.20 Å². The number of nitrogens with zero attached hydrogens (tertiary/aromatic N) is 3. The van der Waals surface area contributed by atoms with E-state index in [1.807, 2.05) is 22.8 Å². The van der Waals surface area contributed by atoms with Gasteiger partial charge in [-0.2, -0.15) is 12.3 Å². The van der Waals surface area contributed by atoms with Gasteiger partial charge in [0.05, 0.1) is 12.6 Å². The molecule has 0 bridgehead atoms. The van der Waals surface area contributed by atoms with Crippen molar-refractivity contribution in [2.24, 2.45) is 4.99 Å².